The molecule has 10 heteroatoms. The highest BCUT2D eigenvalue weighted by atomic mass is 32.2. The van der Waals surface area contributed by atoms with Crippen molar-refractivity contribution in [3.05, 3.63) is 113 Å². The van der Waals surface area contributed by atoms with Gasteiger partial charge in [-0.25, -0.2) is 16.8 Å². The maximum Gasteiger partial charge on any atom is 0.262 e. The molecule has 4 aromatic rings. The Labute approximate surface area is 229 Å². The van der Waals surface area contributed by atoms with Crippen molar-refractivity contribution in [2.75, 3.05) is 14.8 Å². The predicted octanol–water partition coefficient (Wildman–Crippen LogP) is 5.77. The normalized spacial score (nSPS) is 11.6. The quantitative estimate of drug-likeness (QED) is 0.251. The molecule has 1 amide bonds. The van der Waals surface area contributed by atoms with Gasteiger partial charge in [0.05, 0.1) is 9.79 Å². The van der Waals surface area contributed by atoms with E-state index in [-0.39, 0.29) is 15.4 Å². The van der Waals surface area contributed by atoms with Crippen LogP contribution in [-0.4, -0.2) is 22.7 Å². The van der Waals surface area contributed by atoms with Crippen LogP contribution in [-0.2, 0) is 20.0 Å². The van der Waals surface area contributed by atoms with E-state index in [2.05, 4.69) is 14.8 Å². The van der Waals surface area contributed by atoms with Crippen molar-refractivity contribution in [3.63, 3.8) is 0 Å². The third-order valence-corrected chi connectivity index (χ3v) is 8.83. The fourth-order valence-corrected chi connectivity index (χ4v) is 6.48. The first-order valence-electron chi connectivity index (χ1n) is 12.1. The van der Waals surface area contributed by atoms with E-state index in [1.54, 1.807) is 43.3 Å². The molecule has 3 N–H and O–H groups in total. The van der Waals surface area contributed by atoms with E-state index in [0.717, 1.165) is 16.7 Å². The van der Waals surface area contributed by atoms with Crippen molar-refractivity contribution in [1.29, 1.82) is 0 Å². The summed E-state index contributed by atoms with van der Waals surface area (Å²) in [4.78, 5) is 13.0. The Balaban J connectivity index is 1.50. The van der Waals surface area contributed by atoms with Gasteiger partial charge in [-0.3, -0.25) is 14.2 Å². The summed E-state index contributed by atoms with van der Waals surface area (Å²) in [5, 5.41) is 2.69. The van der Waals surface area contributed by atoms with Crippen LogP contribution in [0.4, 0.5) is 17.1 Å². The molecule has 0 spiro atoms. The van der Waals surface area contributed by atoms with Crippen LogP contribution in [0.1, 0.15) is 32.6 Å². The highest BCUT2D eigenvalue weighted by Gasteiger charge is 2.20. The van der Waals surface area contributed by atoms with Crippen molar-refractivity contribution in [1.82, 2.24) is 0 Å². The Kier molecular flexibility index (Phi) is 7.80. The number of amides is 1. The zero-order chi connectivity index (χ0) is 28.4. The van der Waals surface area contributed by atoms with Gasteiger partial charge in [-0.05, 0) is 111 Å². The monoisotopic (exact) mass is 563 g/mol. The molecule has 39 heavy (non-hydrogen) atoms. The molecular weight excluding hydrogens is 534 g/mol. The second-order valence-corrected chi connectivity index (χ2v) is 12.7. The van der Waals surface area contributed by atoms with Crippen LogP contribution in [0.2, 0.25) is 0 Å². The van der Waals surface area contributed by atoms with E-state index < -0.39 is 26.0 Å². The number of nitrogens with one attached hydrogen (secondary N) is 3. The van der Waals surface area contributed by atoms with Crippen molar-refractivity contribution in [3.8, 4) is 0 Å². The van der Waals surface area contributed by atoms with Crippen molar-refractivity contribution in [2.24, 2.45) is 0 Å². The molecule has 0 bridgehead atoms. The summed E-state index contributed by atoms with van der Waals surface area (Å²) in [6.07, 6.45) is 0. The van der Waals surface area contributed by atoms with Gasteiger partial charge in [0, 0.05) is 22.6 Å². The molecule has 0 aliphatic carbocycles. The zero-order valence-electron chi connectivity index (χ0n) is 21.9. The number of benzene rings is 4. The number of hydrogen-bond acceptors (Lipinski definition) is 5. The molecule has 0 unspecified atom stereocenters. The lowest BCUT2D eigenvalue weighted by Gasteiger charge is -2.13. The van der Waals surface area contributed by atoms with Crippen LogP contribution in [0.3, 0.4) is 0 Å². The predicted molar refractivity (Wildman–Crippen MR) is 154 cm³/mol. The van der Waals surface area contributed by atoms with Crippen LogP contribution in [0.25, 0.3) is 0 Å². The summed E-state index contributed by atoms with van der Waals surface area (Å²) in [5.74, 6) is -0.536. The highest BCUT2D eigenvalue weighted by Crippen LogP contribution is 2.24. The van der Waals surface area contributed by atoms with Gasteiger partial charge in [0.15, 0.2) is 0 Å². The minimum atomic E-state index is -3.96. The van der Waals surface area contributed by atoms with Crippen LogP contribution < -0.4 is 14.8 Å². The molecule has 4 aromatic carbocycles. The summed E-state index contributed by atoms with van der Waals surface area (Å²) in [7, 11) is -7.78. The van der Waals surface area contributed by atoms with E-state index in [9.17, 15) is 21.6 Å². The molecule has 0 fully saturated rings. The van der Waals surface area contributed by atoms with E-state index in [0.29, 0.717) is 22.6 Å². The fourth-order valence-electron chi connectivity index (χ4n) is 4.12. The topological polar surface area (TPSA) is 121 Å². The number of carbonyl (C=O) groups is 1. The lowest BCUT2D eigenvalue weighted by atomic mass is 10.1. The van der Waals surface area contributed by atoms with Crippen molar-refractivity contribution >= 4 is 43.0 Å². The smallest absolute Gasteiger partial charge is 0.262 e. The van der Waals surface area contributed by atoms with Gasteiger partial charge in [-0.1, -0.05) is 24.3 Å². The molecule has 0 saturated carbocycles. The summed E-state index contributed by atoms with van der Waals surface area (Å²) < 4.78 is 56.9. The minimum absolute atomic E-state index is 0.0158. The van der Waals surface area contributed by atoms with E-state index >= 15 is 0 Å². The number of rotatable bonds is 8. The largest absolute Gasteiger partial charge is 0.322 e. The summed E-state index contributed by atoms with van der Waals surface area (Å²) in [6, 6.07) is 22.5. The molecule has 0 heterocycles. The molecule has 0 atom stereocenters. The molecule has 4 rings (SSSR count). The molecule has 8 nitrogen and oxygen atoms in total. The van der Waals surface area contributed by atoms with Gasteiger partial charge in [0.25, 0.3) is 26.0 Å². The average Bonchev–Trinajstić information content (AvgIpc) is 2.83. The van der Waals surface area contributed by atoms with Crippen LogP contribution in [0.5, 0.6) is 0 Å². The molecular formula is C29H29N3O5S2. The maximum atomic E-state index is 13.2. The lowest BCUT2D eigenvalue weighted by molar-refractivity contribution is 0.102. The van der Waals surface area contributed by atoms with Crippen LogP contribution in [0.15, 0.2) is 94.7 Å². The Bertz CT molecular complexity index is 1750. The molecule has 0 aliphatic heterocycles. The first kappa shape index (κ1) is 27.9. The Morgan fingerprint density at radius 1 is 0.590 bits per heavy atom. The van der Waals surface area contributed by atoms with E-state index in [1.807, 2.05) is 32.9 Å². The number of hydrogen-bond donors (Lipinski definition) is 3. The second-order valence-electron chi connectivity index (χ2n) is 9.42. The maximum absolute atomic E-state index is 13.2. The molecule has 0 aromatic heterocycles. The van der Waals surface area contributed by atoms with Gasteiger partial charge in [-0.15, -0.1) is 0 Å². The summed E-state index contributed by atoms with van der Waals surface area (Å²) >= 11 is 0. The summed E-state index contributed by atoms with van der Waals surface area (Å²) in [6.45, 7) is 7.28. The third-order valence-electron chi connectivity index (χ3n) is 5.91. The summed E-state index contributed by atoms with van der Waals surface area (Å²) in [5.41, 5.74) is 4.62. The highest BCUT2D eigenvalue weighted by molar-refractivity contribution is 7.93. The number of carbonyl (C=O) groups excluding carboxylic acids is 1. The zero-order valence-corrected chi connectivity index (χ0v) is 23.6. The minimum Gasteiger partial charge on any atom is -0.322 e. The van der Waals surface area contributed by atoms with Gasteiger partial charge >= 0.3 is 0 Å². The van der Waals surface area contributed by atoms with Gasteiger partial charge in [0.1, 0.15) is 0 Å². The van der Waals surface area contributed by atoms with Gasteiger partial charge in [0.2, 0.25) is 0 Å². The van der Waals surface area contributed by atoms with Crippen LogP contribution >= 0.6 is 0 Å². The lowest BCUT2D eigenvalue weighted by Crippen LogP contribution is -2.17. The van der Waals surface area contributed by atoms with E-state index in [1.165, 1.54) is 36.4 Å². The molecule has 0 radical (unpaired) electrons. The number of aryl methyl sites for hydroxylation is 4. The first-order valence-corrected chi connectivity index (χ1v) is 15.0. The molecule has 202 valence electrons. The van der Waals surface area contributed by atoms with Gasteiger partial charge < -0.3 is 5.32 Å². The van der Waals surface area contributed by atoms with Crippen LogP contribution in [0, 0.1) is 27.7 Å². The SMILES string of the molecule is Cc1cccc(NS(=O)(=O)c2ccc(NC(=O)c3ccc(C)c(S(=O)(=O)Nc4cc(C)cc(C)c4)c3)cc2)c1. The Morgan fingerprint density at radius 2 is 1.21 bits per heavy atom. The average molecular weight is 564 g/mol. The van der Waals surface area contributed by atoms with Crippen molar-refractivity contribution in [2.45, 2.75) is 37.5 Å². The molecule has 0 saturated heterocycles. The first-order chi connectivity index (χ1) is 18.3. The Morgan fingerprint density at radius 3 is 1.85 bits per heavy atom. The number of sulfonamides is 2. The molecule has 0 aliphatic rings. The number of anilines is 3. The van der Waals surface area contributed by atoms with Gasteiger partial charge in [-0.2, -0.15) is 0 Å². The fraction of sp³-hybridized carbons (Fsp3) is 0.138. The third kappa shape index (κ3) is 6.84. The second kappa shape index (κ2) is 10.9. The van der Waals surface area contributed by atoms with Crippen molar-refractivity contribution < 1.29 is 21.6 Å². The van der Waals surface area contributed by atoms with E-state index in [4.69, 9.17) is 0 Å². The Hall–Kier alpha value is -4.15. The standard InChI is InChI=1S/C29H29N3O5S2/c1-19-6-5-7-25(15-19)31-38(34,35)27-12-10-24(11-13-27)30-29(33)23-9-8-22(4)28(18-23)39(36,37)32-26-16-20(2)14-21(3)17-26/h5-18,31-32H,1-4H3,(H,30,33).